The first-order chi connectivity index (χ1) is 12.5. The van der Waals surface area contributed by atoms with Crippen LogP contribution in [0.4, 0.5) is 0 Å². The van der Waals surface area contributed by atoms with Crippen LogP contribution in [-0.4, -0.2) is 34.6 Å². The minimum atomic E-state index is -0.683. The average Bonchev–Trinajstić information content (AvgIpc) is 2.65. The lowest BCUT2D eigenvalue weighted by atomic mass is 10.1. The monoisotopic (exact) mass is 352 g/mol. The summed E-state index contributed by atoms with van der Waals surface area (Å²) in [5.74, 6) is -1.74. The van der Waals surface area contributed by atoms with Gasteiger partial charge in [0.2, 0.25) is 0 Å². The maximum Gasteiger partial charge on any atom is 0.271 e. The minimum absolute atomic E-state index is 0.0412. The van der Waals surface area contributed by atoms with Crippen LogP contribution in [-0.2, 0) is 0 Å². The summed E-state index contributed by atoms with van der Waals surface area (Å²) >= 11 is 0. The molecule has 7 heteroatoms. The molecule has 7 nitrogen and oxygen atoms in total. The highest BCUT2D eigenvalue weighted by Crippen LogP contribution is 2.35. The lowest BCUT2D eigenvalue weighted by molar-refractivity contribution is 0.0954. The number of aromatic hydroxyl groups is 3. The van der Waals surface area contributed by atoms with E-state index >= 15 is 0 Å². The smallest absolute Gasteiger partial charge is 0.271 e. The second-order valence-corrected chi connectivity index (χ2v) is 5.53. The minimum Gasteiger partial charge on any atom is -0.504 e. The van der Waals surface area contributed by atoms with Crippen LogP contribution in [0.2, 0.25) is 0 Å². The van der Waals surface area contributed by atoms with Gasteiger partial charge in [0.1, 0.15) is 5.75 Å². The third-order valence-corrected chi connectivity index (χ3v) is 3.78. The van der Waals surface area contributed by atoms with Crippen LogP contribution in [0.5, 0.6) is 23.0 Å². The fourth-order valence-corrected chi connectivity index (χ4v) is 2.41. The summed E-state index contributed by atoms with van der Waals surface area (Å²) in [5.41, 5.74) is 3.03. The number of hydrogen-bond acceptors (Lipinski definition) is 6. The summed E-state index contributed by atoms with van der Waals surface area (Å²) in [6, 6.07) is 13.4. The van der Waals surface area contributed by atoms with Crippen molar-refractivity contribution in [3.63, 3.8) is 0 Å². The Hall–Kier alpha value is -3.74. The van der Waals surface area contributed by atoms with E-state index in [1.807, 2.05) is 36.4 Å². The lowest BCUT2D eigenvalue weighted by Crippen LogP contribution is -2.17. The number of phenols is 3. The van der Waals surface area contributed by atoms with Crippen molar-refractivity contribution in [2.24, 2.45) is 5.10 Å². The molecule has 26 heavy (non-hydrogen) atoms. The van der Waals surface area contributed by atoms with E-state index in [4.69, 9.17) is 4.74 Å². The fourth-order valence-electron chi connectivity index (χ4n) is 2.41. The molecule has 0 atom stereocenters. The number of hydrazone groups is 1. The SMILES string of the molecule is COc1ccc2cc(C=NNC(=O)c3cc(O)c(O)c(O)c3)ccc2c1. The van der Waals surface area contributed by atoms with Crippen molar-refractivity contribution in [1.82, 2.24) is 5.43 Å². The van der Waals surface area contributed by atoms with E-state index in [-0.39, 0.29) is 5.56 Å². The van der Waals surface area contributed by atoms with Crippen molar-refractivity contribution in [2.75, 3.05) is 7.11 Å². The predicted octanol–water partition coefficient (Wildman–Crippen LogP) is 2.73. The van der Waals surface area contributed by atoms with E-state index in [1.54, 1.807) is 7.11 Å². The van der Waals surface area contributed by atoms with Crippen LogP contribution in [0.25, 0.3) is 10.8 Å². The number of hydrogen-bond donors (Lipinski definition) is 4. The molecule has 0 aliphatic heterocycles. The topological polar surface area (TPSA) is 111 Å². The molecule has 3 aromatic carbocycles. The van der Waals surface area contributed by atoms with Gasteiger partial charge in [-0.2, -0.15) is 5.10 Å². The quantitative estimate of drug-likeness (QED) is 0.328. The normalized spacial score (nSPS) is 11.0. The number of rotatable bonds is 4. The highest BCUT2D eigenvalue weighted by molar-refractivity contribution is 5.96. The van der Waals surface area contributed by atoms with Gasteiger partial charge in [-0.1, -0.05) is 18.2 Å². The molecule has 0 saturated carbocycles. The van der Waals surface area contributed by atoms with Crippen LogP contribution >= 0.6 is 0 Å². The number of carbonyl (C=O) groups excluding carboxylic acids is 1. The van der Waals surface area contributed by atoms with Crippen molar-refractivity contribution < 1.29 is 24.9 Å². The van der Waals surface area contributed by atoms with Crippen molar-refractivity contribution in [1.29, 1.82) is 0 Å². The molecule has 0 saturated heterocycles. The van der Waals surface area contributed by atoms with Gasteiger partial charge in [0.05, 0.1) is 13.3 Å². The van der Waals surface area contributed by atoms with Crippen LogP contribution in [0, 0.1) is 0 Å². The number of methoxy groups -OCH3 is 1. The van der Waals surface area contributed by atoms with Gasteiger partial charge in [-0.15, -0.1) is 0 Å². The van der Waals surface area contributed by atoms with Gasteiger partial charge in [-0.3, -0.25) is 4.79 Å². The number of nitrogens with one attached hydrogen (secondary N) is 1. The van der Waals surface area contributed by atoms with Crippen LogP contribution < -0.4 is 10.2 Å². The number of amides is 1. The van der Waals surface area contributed by atoms with Gasteiger partial charge in [0.25, 0.3) is 5.91 Å². The standard InChI is InChI=1S/C19H16N2O5/c1-26-15-5-4-12-6-11(2-3-13(12)7-15)10-20-21-19(25)14-8-16(22)18(24)17(23)9-14/h2-10,22-24H,1H3,(H,21,25). The van der Waals surface area contributed by atoms with Gasteiger partial charge in [0.15, 0.2) is 17.2 Å². The van der Waals surface area contributed by atoms with Crippen molar-refractivity contribution >= 4 is 22.9 Å². The van der Waals surface area contributed by atoms with Crippen molar-refractivity contribution in [3.05, 3.63) is 59.7 Å². The van der Waals surface area contributed by atoms with Crippen molar-refractivity contribution in [3.8, 4) is 23.0 Å². The second kappa shape index (κ2) is 7.02. The van der Waals surface area contributed by atoms with E-state index in [0.29, 0.717) is 0 Å². The summed E-state index contributed by atoms with van der Waals surface area (Å²) in [6.45, 7) is 0. The molecule has 0 spiro atoms. The highest BCUT2D eigenvalue weighted by atomic mass is 16.5. The molecule has 0 unspecified atom stereocenters. The summed E-state index contributed by atoms with van der Waals surface area (Å²) < 4.78 is 5.18. The number of nitrogens with zero attached hydrogens (tertiary/aromatic N) is 1. The Labute approximate surface area is 148 Å². The number of carbonyl (C=O) groups is 1. The van der Waals surface area contributed by atoms with Gasteiger partial charge < -0.3 is 20.1 Å². The van der Waals surface area contributed by atoms with Gasteiger partial charge >= 0.3 is 0 Å². The Morgan fingerprint density at radius 2 is 1.65 bits per heavy atom. The molecule has 0 aliphatic carbocycles. The zero-order valence-electron chi connectivity index (χ0n) is 13.8. The highest BCUT2D eigenvalue weighted by Gasteiger charge is 2.12. The molecule has 132 valence electrons. The lowest BCUT2D eigenvalue weighted by Gasteiger charge is -2.05. The summed E-state index contributed by atoms with van der Waals surface area (Å²) in [6.07, 6.45) is 1.47. The second-order valence-electron chi connectivity index (χ2n) is 5.53. The van der Waals surface area contributed by atoms with Crippen molar-refractivity contribution in [2.45, 2.75) is 0 Å². The van der Waals surface area contributed by atoms with E-state index in [9.17, 15) is 20.1 Å². The Bertz CT molecular complexity index is 991. The zero-order valence-corrected chi connectivity index (χ0v) is 13.8. The molecule has 0 aliphatic rings. The third kappa shape index (κ3) is 3.51. The summed E-state index contributed by atoms with van der Waals surface area (Å²) in [7, 11) is 1.61. The molecule has 0 bridgehead atoms. The third-order valence-electron chi connectivity index (χ3n) is 3.78. The molecule has 0 aromatic heterocycles. The Morgan fingerprint density at radius 3 is 2.35 bits per heavy atom. The molecule has 0 fully saturated rings. The van der Waals surface area contributed by atoms with E-state index in [2.05, 4.69) is 10.5 Å². The van der Waals surface area contributed by atoms with Crippen LogP contribution in [0.1, 0.15) is 15.9 Å². The van der Waals surface area contributed by atoms with Gasteiger partial charge in [-0.25, -0.2) is 5.43 Å². The molecular weight excluding hydrogens is 336 g/mol. The molecule has 1 amide bonds. The van der Waals surface area contributed by atoms with Crippen LogP contribution in [0.15, 0.2) is 53.6 Å². The molecule has 3 rings (SSSR count). The first-order valence-electron chi connectivity index (χ1n) is 7.64. The van der Waals surface area contributed by atoms with E-state index < -0.39 is 23.2 Å². The molecule has 3 aromatic rings. The Morgan fingerprint density at radius 1 is 1.00 bits per heavy atom. The first kappa shape index (κ1) is 17.1. The largest absolute Gasteiger partial charge is 0.504 e. The molecule has 0 heterocycles. The zero-order chi connectivity index (χ0) is 18.7. The number of fused-ring (bicyclic) bond motifs is 1. The number of ether oxygens (including phenoxy) is 1. The summed E-state index contributed by atoms with van der Waals surface area (Å²) in [4.78, 5) is 12.0. The molecular formula is C19H16N2O5. The Balaban J connectivity index is 1.74. The average molecular weight is 352 g/mol. The van der Waals surface area contributed by atoms with E-state index in [1.165, 1.54) is 6.21 Å². The van der Waals surface area contributed by atoms with Gasteiger partial charge in [-0.05, 0) is 46.7 Å². The molecule has 4 N–H and O–H groups in total. The maximum absolute atomic E-state index is 12.0. The maximum atomic E-state index is 12.0. The number of phenolic OH excluding ortho intramolecular Hbond substituents is 3. The number of benzene rings is 3. The summed E-state index contributed by atoms with van der Waals surface area (Å²) in [5, 5.41) is 34.0. The van der Waals surface area contributed by atoms with Gasteiger partial charge in [0, 0.05) is 5.56 Å². The fraction of sp³-hybridized carbons (Fsp3) is 0.0526. The molecule has 0 radical (unpaired) electrons. The predicted molar refractivity (Wildman–Crippen MR) is 97.0 cm³/mol. The van der Waals surface area contributed by atoms with E-state index in [0.717, 1.165) is 34.2 Å². The Kier molecular flexibility index (Phi) is 4.62. The first-order valence-corrected chi connectivity index (χ1v) is 7.64. The van der Waals surface area contributed by atoms with Crippen LogP contribution in [0.3, 0.4) is 0 Å².